The highest BCUT2D eigenvalue weighted by Crippen LogP contribution is 2.55. The van der Waals surface area contributed by atoms with Crippen molar-refractivity contribution in [2.75, 3.05) is 13.7 Å². The zero-order valence-electron chi connectivity index (χ0n) is 11.8. The second kappa shape index (κ2) is 4.58. The highest BCUT2D eigenvalue weighted by molar-refractivity contribution is 5.84. The van der Waals surface area contributed by atoms with Crippen LogP contribution in [-0.4, -0.2) is 36.5 Å². The standard InChI is InChI=1S/C13H24O4/c1-7-13(10(14)16-8-2)12(5,17-13)9-11(3,4)15-6/h7-9H2,1-6H3. The first-order chi connectivity index (χ1) is 7.77. The summed E-state index contributed by atoms with van der Waals surface area (Å²) in [6, 6.07) is 0. The summed E-state index contributed by atoms with van der Waals surface area (Å²) in [5.74, 6) is -0.253. The van der Waals surface area contributed by atoms with E-state index in [1.807, 2.05) is 27.7 Å². The van der Waals surface area contributed by atoms with Crippen LogP contribution < -0.4 is 0 Å². The van der Waals surface area contributed by atoms with Gasteiger partial charge in [-0.05, 0) is 34.1 Å². The van der Waals surface area contributed by atoms with Crippen molar-refractivity contribution in [3.63, 3.8) is 0 Å². The van der Waals surface area contributed by atoms with E-state index < -0.39 is 11.2 Å². The van der Waals surface area contributed by atoms with E-state index in [0.717, 1.165) is 0 Å². The topological polar surface area (TPSA) is 48.1 Å². The van der Waals surface area contributed by atoms with Gasteiger partial charge in [-0.15, -0.1) is 0 Å². The Hall–Kier alpha value is -0.610. The Balaban J connectivity index is 2.78. The third-order valence-corrected chi connectivity index (χ3v) is 3.63. The minimum absolute atomic E-state index is 0.253. The predicted molar refractivity (Wildman–Crippen MR) is 64.9 cm³/mol. The molecule has 2 atom stereocenters. The van der Waals surface area contributed by atoms with Crippen LogP contribution in [0.3, 0.4) is 0 Å². The minimum Gasteiger partial charge on any atom is -0.464 e. The average molecular weight is 244 g/mol. The zero-order chi connectivity index (χ0) is 13.3. The third-order valence-electron chi connectivity index (χ3n) is 3.63. The van der Waals surface area contributed by atoms with Crippen LogP contribution in [-0.2, 0) is 19.0 Å². The molecule has 0 aromatic carbocycles. The fraction of sp³-hybridized carbons (Fsp3) is 0.923. The molecule has 100 valence electrons. The molecule has 0 aromatic rings. The van der Waals surface area contributed by atoms with Gasteiger partial charge in [0.05, 0.1) is 12.2 Å². The van der Waals surface area contributed by atoms with Crippen molar-refractivity contribution in [1.82, 2.24) is 0 Å². The van der Waals surface area contributed by atoms with E-state index in [2.05, 4.69) is 0 Å². The number of carbonyl (C=O) groups is 1. The summed E-state index contributed by atoms with van der Waals surface area (Å²) < 4.78 is 16.2. The predicted octanol–water partition coefficient (Wildman–Crippen LogP) is 2.30. The first-order valence-corrected chi connectivity index (χ1v) is 6.19. The number of ether oxygens (including phenoxy) is 3. The van der Waals surface area contributed by atoms with Crippen LogP contribution in [0.5, 0.6) is 0 Å². The molecule has 4 heteroatoms. The summed E-state index contributed by atoms with van der Waals surface area (Å²) in [4.78, 5) is 12.0. The molecule has 0 amide bonds. The van der Waals surface area contributed by atoms with Gasteiger partial charge in [0.2, 0.25) is 0 Å². The molecule has 0 bridgehead atoms. The summed E-state index contributed by atoms with van der Waals surface area (Å²) in [5.41, 5.74) is -1.56. The van der Waals surface area contributed by atoms with Crippen molar-refractivity contribution >= 4 is 5.97 Å². The Morgan fingerprint density at radius 2 is 1.94 bits per heavy atom. The van der Waals surface area contributed by atoms with Crippen molar-refractivity contribution in [3.05, 3.63) is 0 Å². The number of epoxide rings is 1. The number of methoxy groups -OCH3 is 1. The van der Waals surface area contributed by atoms with E-state index in [9.17, 15) is 4.79 Å². The van der Waals surface area contributed by atoms with Crippen molar-refractivity contribution in [1.29, 1.82) is 0 Å². The fourth-order valence-corrected chi connectivity index (χ4v) is 2.52. The highest BCUT2D eigenvalue weighted by Gasteiger charge is 2.72. The lowest BCUT2D eigenvalue weighted by atomic mass is 9.83. The molecule has 1 aliphatic heterocycles. The first-order valence-electron chi connectivity index (χ1n) is 6.19. The molecular formula is C13H24O4. The van der Waals surface area contributed by atoms with Gasteiger partial charge >= 0.3 is 5.97 Å². The molecule has 0 aromatic heterocycles. The van der Waals surface area contributed by atoms with Crippen LogP contribution in [0.15, 0.2) is 0 Å². The molecule has 0 N–H and O–H groups in total. The van der Waals surface area contributed by atoms with Gasteiger partial charge in [0.25, 0.3) is 0 Å². The Kier molecular flexibility index (Phi) is 3.89. The third kappa shape index (κ3) is 2.47. The first kappa shape index (κ1) is 14.5. The van der Waals surface area contributed by atoms with Gasteiger partial charge in [-0.25, -0.2) is 4.79 Å². The maximum absolute atomic E-state index is 12.0. The molecule has 0 saturated carbocycles. The van der Waals surface area contributed by atoms with Crippen molar-refractivity contribution in [2.24, 2.45) is 0 Å². The molecule has 1 saturated heterocycles. The number of hydrogen-bond donors (Lipinski definition) is 0. The lowest BCUT2D eigenvalue weighted by molar-refractivity contribution is -0.149. The largest absolute Gasteiger partial charge is 0.464 e. The molecule has 1 aliphatic rings. The van der Waals surface area contributed by atoms with E-state index in [0.29, 0.717) is 19.4 Å². The van der Waals surface area contributed by atoms with Crippen LogP contribution >= 0.6 is 0 Å². The summed E-state index contributed by atoms with van der Waals surface area (Å²) in [6.45, 7) is 10.1. The lowest BCUT2D eigenvalue weighted by Crippen LogP contribution is -2.39. The van der Waals surface area contributed by atoms with Crippen LogP contribution in [0.25, 0.3) is 0 Å². The second-order valence-corrected chi connectivity index (χ2v) is 5.37. The van der Waals surface area contributed by atoms with Crippen molar-refractivity contribution in [3.8, 4) is 0 Å². The van der Waals surface area contributed by atoms with Crippen molar-refractivity contribution in [2.45, 2.75) is 64.3 Å². The van der Waals surface area contributed by atoms with Crippen molar-refractivity contribution < 1.29 is 19.0 Å². The molecule has 0 radical (unpaired) electrons. The van der Waals surface area contributed by atoms with Crippen LogP contribution in [0, 0.1) is 0 Å². The second-order valence-electron chi connectivity index (χ2n) is 5.37. The van der Waals surface area contributed by atoms with Gasteiger partial charge in [0, 0.05) is 13.5 Å². The monoisotopic (exact) mass is 244 g/mol. The van der Waals surface area contributed by atoms with Crippen LogP contribution in [0.4, 0.5) is 0 Å². The van der Waals surface area contributed by atoms with Crippen LogP contribution in [0.1, 0.15) is 47.5 Å². The number of carbonyl (C=O) groups excluding carboxylic acids is 1. The van der Waals surface area contributed by atoms with E-state index in [1.54, 1.807) is 14.0 Å². The maximum atomic E-state index is 12.0. The lowest BCUT2D eigenvalue weighted by Gasteiger charge is -2.26. The number of rotatable bonds is 6. The molecule has 1 fully saturated rings. The SMILES string of the molecule is CCOC(=O)C1(CC)OC1(C)CC(C)(C)OC. The molecule has 1 heterocycles. The number of esters is 1. The zero-order valence-corrected chi connectivity index (χ0v) is 11.8. The van der Waals surface area contributed by atoms with Crippen LogP contribution in [0.2, 0.25) is 0 Å². The van der Waals surface area contributed by atoms with Gasteiger partial charge in [-0.3, -0.25) is 0 Å². The Labute approximate surface area is 104 Å². The van der Waals surface area contributed by atoms with E-state index >= 15 is 0 Å². The van der Waals surface area contributed by atoms with Gasteiger partial charge in [-0.1, -0.05) is 6.92 Å². The Morgan fingerprint density at radius 3 is 2.35 bits per heavy atom. The Bertz CT molecular complexity index is 300. The molecular weight excluding hydrogens is 220 g/mol. The smallest absolute Gasteiger partial charge is 0.341 e. The van der Waals surface area contributed by atoms with Gasteiger partial charge in [0.15, 0.2) is 5.60 Å². The van der Waals surface area contributed by atoms with E-state index in [1.165, 1.54) is 0 Å². The summed E-state index contributed by atoms with van der Waals surface area (Å²) >= 11 is 0. The van der Waals surface area contributed by atoms with Gasteiger partial charge in [-0.2, -0.15) is 0 Å². The minimum atomic E-state index is -0.779. The molecule has 0 spiro atoms. The summed E-state index contributed by atoms with van der Waals surface area (Å²) in [7, 11) is 1.67. The Morgan fingerprint density at radius 1 is 1.35 bits per heavy atom. The maximum Gasteiger partial charge on any atom is 0.341 e. The molecule has 2 unspecified atom stereocenters. The molecule has 1 rings (SSSR count). The molecule has 4 nitrogen and oxygen atoms in total. The fourth-order valence-electron chi connectivity index (χ4n) is 2.52. The quantitative estimate of drug-likeness (QED) is 0.531. The highest BCUT2D eigenvalue weighted by atomic mass is 16.7. The molecule has 17 heavy (non-hydrogen) atoms. The molecule has 0 aliphatic carbocycles. The normalized spacial score (nSPS) is 32.4. The van der Waals surface area contributed by atoms with Gasteiger partial charge < -0.3 is 14.2 Å². The summed E-state index contributed by atoms with van der Waals surface area (Å²) in [5, 5.41) is 0. The summed E-state index contributed by atoms with van der Waals surface area (Å²) in [6.07, 6.45) is 1.30. The van der Waals surface area contributed by atoms with E-state index in [-0.39, 0.29) is 11.6 Å². The number of hydrogen-bond acceptors (Lipinski definition) is 4. The van der Waals surface area contributed by atoms with E-state index in [4.69, 9.17) is 14.2 Å². The van der Waals surface area contributed by atoms with Gasteiger partial charge in [0.1, 0.15) is 5.60 Å². The average Bonchev–Trinajstić information content (AvgIpc) is 2.84.